The van der Waals surface area contributed by atoms with Crippen molar-refractivity contribution in [1.29, 1.82) is 0 Å². The van der Waals surface area contributed by atoms with Gasteiger partial charge in [0.2, 0.25) is 0 Å². The Bertz CT molecular complexity index is 969. The summed E-state index contributed by atoms with van der Waals surface area (Å²) in [5.41, 5.74) is 3.53. The topological polar surface area (TPSA) is 62.3 Å². The molecule has 122 valence electrons. The molecule has 3 aromatic rings. The second kappa shape index (κ2) is 5.87. The number of anilines is 2. The van der Waals surface area contributed by atoms with Crippen LogP contribution in [0.3, 0.4) is 0 Å². The van der Waals surface area contributed by atoms with Crippen molar-refractivity contribution in [2.45, 2.75) is 0 Å². The minimum Gasteiger partial charge on any atom is -0.343 e. The third-order valence-electron chi connectivity index (χ3n) is 4.29. The molecule has 2 amide bonds. The lowest BCUT2D eigenvalue weighted by Crippen LogP contribution is -2.21. The first-order chi connectivity index (χ1) is 12.2. The molecule has 0 aliphatic carbocycles. The van der Waals surface area contributed by atoms with Crippen LogP contribution in [0.4, 0.5) is 11.4 Å². The molecule has 5 nitrogen and oxygen atoms in total. The van der Waals surface area contributed by atoms with Crippen LogP contribution in [-0.4, -0.2) is 23.8 Å². The number of nitrogens with zero attached hydrogens (tertiary/aromatic N) is 2. The van der Waals surface area contributed by atoms with Crippen LogP contribution in [0.25, 0.3) is 11.3 Å². The second-order valence-electron chi connectivity index (χ2n) is 5.79. The summed E-state index contributed by atoms with van der Waals surface area (Å²) in [5.74, 6) is -0.799. The van der Waals surface area contributed by atoms with Gasteiger partial charge in [0.05, 0.1) is 28.7 Å². The van der Waals surface area contributed by atoms with Gasteiger partial charge in [0.15, 0.2) is 0 Å². The van der Waals surface area contributed by atoms with E-state index in [0.717, 1.165) is 11.3 Å². The molecule has 25 heavy (non-hydrogen) atoms. The molecule has 2 heterocycles. The van der Waals surface area contributed by atoms with Crippen LogP contribution in [0.1, 0.15) is 20.7 Å². The number of hydrogen-bond donors (Lipinski definition) is 1. The second-order valence-corrected chi connectivity index (χ2v) is 5.79. The van der Waals surface area contributed by atoms with E-state index in [0.29, 0.717) is 22.5 Å². The SMILES string of the molecule is CN(c1ccccc1)c1cnc(-c2ccccc2)c2c1C(=O)NC2=O. The molecule has 1 N–H and O–H groups in total. The van der Waals surface area contributed by atoms with Gasteiger partial charge in [-0.25, -0.2) is 0 Å². The fourth-order valence-corrected chi connectivity index (χ4v) is 3.04. The van der Waals surface area contributed by atoms with E-state index in [-0.39, 0.29) is 0 Å². The first-order valence-corrected chi connectivity index (χ1v) is 7.89. The maximum atomic E-state index is 12.4. The van der Waals surface area contributed by atoms with Crippen LogP contribution in [0.2, 0.25) is 0 Å². The smallest absolute Gasteiger partial charge is 0.261 e. The molecule has 1 aromatic heterocycles. The van der Waals surface area contributed by atoms with E-state index in [4.69, 9.17) is 0 Å². The maximum Gasteiger partial charge on any atom is 0.261 e. The number of amides is 2. The number of rotatable bonds is 3. The van der Waals surface area contributed by atoms with Gasteiger partial charge in [0, 0.05) is 18.3 Å². The lowest BCUT2D eigenvalue weighted by atomic mass is 10.0. The summed E-state index contributed by atoms with van der Waals surface area (Å²) in [6.07, 6.45) is 1.65. The standard InChI is InChI=1S/C20H15N3O2/c1-23(14-10-6-3-7-11-14)15-12-21-18(13-8-4-2-5-9-13)17-16(15)19(24)22-20(17)25/h2-12H,1H3,(H,22,24,25). The number of benzene rings is 2. The molecule has 0 saturated heterocycles. The fraction of sp³-hybridized carbons (Fsp3) is 0.0500. The van der Waals surface area contributed by atoms with Gasteiger partial charge in [0.25, 0.3) is 11.8 Å². The fourth-order valence-electron chi connectivity index (χ4n) is 3.04. The number of fused-ring (bicyclic) bond motifs is 1. The summed E-state index contributed by atoms with van der Waals surface area (Å²) >= 11 is 0. The molecule has 0 radical (unpaired) electrons. The summed E-state index contributed by atoms with van der Waals surface area (Å²) in [4.78, 5) is 31.2. The number of aromatic nitrogens is 1. The summed E-state index contributed by atoms with van der Waals surface area (Å²) in [6.45, 7) is 0. The van der Waals surface area contributed by atoms with E-state index in [1.807, 2.05) is 72.6 Å². The average Bonchev–Trinajstić information content (AvgIpc) is 2.97. The van der Waals surface area contributed by atoms with Crippen LogP contribution < -0.4 is 10.2 Å². The molecule has 0 spiro atoms. The molecule has 0 saturated carbocycles. The quantitative estimate of drug-likeness (QED) is 0.748. The number of hydrogen-bond acceptors (Lipinski definition) is 4. The zero-order chi connectivity index (χ0) is 17.4. The molecule has 0 bridgehead atoms. The minimum atomic E-state index is -0.408. The Kier molecular flexibility index (Phi) is 3.54. The molecule has 1 aliphatic rings. The van der Waals surface area contributed by atoms with Crippen molar-refractivity contribution in [3.05, 3.63) is 78.0 Å². The third kappa shape index (κ3) is 2.46. The highest BCUT2D eigenvalue weighted by atomic mass is 16.2. The van der Waals surface area contributed by atoms with E-state index in [1.54, 1.807) is 6.20 Å². The van der Waals surface area contributed by atoms with Crippen LogP contribution in [-0.2, 0) is 0 Å². The Morgan fingerprint density at radius 1 is 0.840 bits per heavy atom. The van der Waals surface area contributed by atoms with Gasteiger partial charge >= 0.3 is 0 Å². The molecular formula is C20H15N3O2. The summed E-state index contributed by atoms with van der Waals surface area (Å²) < 4.78 is 0. The Morgan fingerprint density at radius 3 is 2.12 bits per heavy atom. The molecule has 2 aromatic carbocycles. The predicted molar refractivity (Wildman–Crippen MR) is 96.0 cm³/mol. The van der Waals surface area contributed by atoms with Crippen LogP contribution in [0, 0.1) is 0 Å². The van der Waals surface area contributed by atoms with Crippen molar-refractivity contribution in [2.24, 2.45) is 0 Å². The van der Waals surface area contributed by atoms with Gasteiger partial charge in [-0.1, -0.05) is 48.5 Å². The van der Waals surface area contributed by atoms with E-state index < -0.39 is 11.8 Å². The van der Waals surface area contributed by atoms with Crippen LogP contribution in [0.15, 0.2) is 66.9 Å². The number of nitrogens with one attached hydrogen (secondary N) is 1. The molecule has 4 rings (SSSR count). The number of pyridine rings is 1. The molecule has 5 heteroatoms. The molecule has 0 unspecified atom stereocenters. The lowest BCUT2D eigenvalue weighted by molar-refractivity contribution is 0.0880. The van der Waals surface area contributed by atoms with Gasteiger partial charge in [-0.15, -0.1) is 0 Å². The zero-order valence-electron chi connectivity index (χ0n) is 13.6. The highest BCUT2D eigenvalue weighted by molar-refractivity contribution is 6.26. The lowest BCUT2D eigenvalue weighted by Gasteiger charge is -2.21. The number of para-hydroxylation sites is 1. The van der Waals surface area contributed by atoms with Crippen molar-refractivity contribution in [1.82, 2.24) is 10.3 Å². The summed E-state index contributed by atoms with van der Waals surface area (Å²) in [5, 5.41) is 2.39. The Balaban J connectivity index is 1.92. The normalized spacial score (nSPS) is 12.7. The van der Waals surface area contributed by atoms with Gasteiger partial charge in [0.1, 0.15) is 0 Å². The zero-order valence-corrected chi connectivity index (χ0v) is 13.6. The van der Waals surface area contributed by atoms with Gasteiger partial charge in [-0.3, -0.25) is 19.9 Å². The number of carbonyl (C=O) groups excluding carboxylic acids is 2. The van der Waals surface area contributed by atoms with E-state index >= 15 is 0 Å². The minimum absolute atomic E-state index is 0.330. The Morgan fingerprint density at radius 2 is 1.44 bits per heavy atom. The van der Waals surface area contributed by atoms with Crippen molar-refractivity contribution in [3.8, 4) is 11.3 Å². The number of imide groups is 1. The third-order valence-corrected chi connectivity index (χ3v) is 4.29. The van der Waals surface area contributed by atoms with Crippen LogP contribution in [0.5, 0.6) is 0 Å². The largest absolute Gasteiger partial charge is 0.343 e. The van der Waals surface area contributed by atoms with Crippen molar-refractivity contribution < 1.29 is 9.59 Å². The monoisotopic (exact) mass is 329 g/mol. The van der Waals surface area contributed by atoms with Crippen molar-refractivity contribution >= 4 is 23.2 Å². The highest BCUT2D eigenvalue weighted by Crippen LogP contribution is 2.35. The predicted octanol–water partition coefficient (Wildman–Crippen LogP) is 3.40. The van der Waals surface area contributed by atoms with E-state index in [1.165, 1.54) is 0 Å². The molecule has 0 atom stereocenters. The van der Waals surface area contributed by atoms with Crippen LogP contribution >= 0.6 is 0 Å². The maximum absolute atomic E-state index is 12.4. The highest BCUT2D eigenvalue weighted by Gasteiger charge is 2.34. The summed E-state index contributed by atoms with van der Waals surface area (Å²) in [7, 11) is 1.85. The summed E-state index contributed by atoms with van der Waals surface area (Å²) in [6, 6.07) is 19.0. The first-order valence-electron chi connectivity index (χ1n) is 7.89. The van der Waals surface area contributed by atoms with Gasteiger partial charge in [-0.2, -0.15) is 0 Å². The van der Waals surface area contributed by atoms with Crippen molar-refractivity contribution in [3.63, 3.8) is 0 Å². The molecule has 1 aliphatic heterocycles. The van der Waals surface area contributed by atoms with Gasteiger partial charge in [-0.05, 0) is 12.1 Å². The average molecular weight is 329 g/mol. The van der Waals surface area contributed by atoms with Crippen molar-refractivity contribution in [2.75, 3.05) is 11.9 Å². The Hall–Kier alpha value is -3.47. The van der Waals surface area contributed by atoms with E-state index in [9.17, 15) is 9.59 Å². The number of carbonyl (C=O) groups is 2. The Labute approximate surface area is 144 Å². The molecule has 0 fully saturated rings. The molecular weight excluding hydrogens is 314 g/mol. The first kappa shape index (κ1) is 15.1. The van der Waals surface area contributed by atoms with Gasteiger partial charge < -0.3 is 4.90 Å². The van der Waals surface area contributed by atoms with E-state index in [2.05, 4.69) is 10.3 Å².